The highest BCUT2D eigenvalue weighted by Crippen LogP contribution is 2.47. The van der Waals surface area contributed by atoms with Crippen LogP contribution in [0.1, 0.15) is 50.7 Å². The summed E-state index contributed by atoms with van der Waals surface area (Å²) >= 11 is 12.7. The number of halogens is 2. The smallest absolute Gasteiger partial charge is 0.0645 e. The van der Waals surface area contributed by atoms with Gasteiger partial charge in [-0.15, -0.1) is 0 Å². The number of rotatable bonds is 3. The van der Waals surface area contributed by atoms with Crippen LogP contribution in [0.2, 0.25) is 10.0 Å². The molecule has 0 radical (unpaired) electrons. The van der Waals surface area contributed by atoms with Crippen LogP contribution >= 0.6 is 23.2 Å². The van der Waals surface area contributed by atoms with Crippen molar-refractivity contribution in [1.82, 2.24) is 0 Å². The van der Waals surface area contributed by atoms with Crippen LogP contribution in [0.4, 0.5) is 0 Å². The maximum atomic E-state index is 6.39. The Hall–Kier alpha value is -0.240. The summed E-state index contributed by atoms with van der Waals surface area (Å²) in [5.41, 5.74) is 8.04. The van der Waals surface area contributed by atoms with Crippen molar-refractivity contribution in [2.24, 2.45) is 11.7 Å². The molecule has 1 aliphatic rings. The molecular weight excluding hydrogens is 253 g/mol. The van der Waals surface area contributed by atoms with Crippen molar-refractivity contribution in [3.05, 3.63) is 33.3 Å². The Bertz CT molecular complexity index is 434. The first-order valence-corrected chi connectivity index (χ1v) is 6.88. The van der Waals surface area contributed by atoms with Crippen molar-refractivity contribution < 1.29 is 0 Å². The quantitative estimate of drug-likeness (QED) is 0.847. The highest BCUT2D eigenvalue weighted by Gasteiger charge is 2.32. The number of nitrogens with two attached hydrogens (primary N) is 1. The Kier molecular flexibility index (Phi) is 3.46. The summed E-state index contributed by atoms with van der Waals surface area (Å²) in [4.78, 5) is 0. The van der Waals surface area contributed by atoms with Crippen molar-refractivity contribution >= 4 is 23.2 Å². The Balaban J connectivity index is 2.46. The lowest BCUT2D eigenvalue weighted by atomic mass is 9.82. The minimum absolute atomic E-state index is 0.308. The maximum absolute atomic E-state index is 6.39. The van der Waals surface area contributed by atoms with E-state index in [0.29, 0.717) is 21.9 Å². The van der Waals surface area contributed by atoms with Gasteiger partial charge in [-0.1, -0.05) is 49.2 Å². The van der Waals surface area contributed by atoms with Gasteiger partial charge in [0.05, 0.1) is 10.0 Å². The standard InChI is InChI=1S/C14H19Cl2N/c1-8(2)14(3,17)11-7-6-10(9-4-5-9)12(15)13(11)16/h6-9H,4-5,17H2,1-3H3. The number of benzene rings is 1. The van der Waals surface area contributed by atoms with Gasteiger partial charge in [0, 0.05) is 5.54 Å². The predicted octanol–water partition coefficient (Wildman–Crippen LogP) is 4.70. The lowest BCUT2D eigenvalue weighted by molar-refractivity contribution is 0.351. The van der Waals surface area contributed by atoms with Crippen LogP contribution in [0.3, 0.4) is 0 Å². The summed E-state index contributed by atoms with van der Waals surface area (Å²) in [6, 6.07) is 4.14. The molecule has 3 heteroatoms. The Morgan fingerprint density at radius 3 is 2.29 bits per heavy atom. The molecule has 2 N–H and O–H groups in total. The van der Waals surface area contributed by atoms with Gasteiger partial charge in [0.15, 0.2) is 0 Å². The van der Waals surface area contributed by atoms with Gasteiger partial charge in [0.1, 0.15) is 0 Å². The summed E-state index contributed by atoms with van der Waals surface area (Å²) in [5.74, 6) is 0.917. The van der Waals surface area contributed by atoms with Crippen molar-refractivity contribution in [1.29, 1.82) is 0 Å². The molecular formula is C14H19Cl2N. The van der Waals surface area contributed by atoms with E-state index in [4.69, 9.17) is 28.9 Å². The molecule has 0 heterocycles. The third-order valence-electron chi connectivity index (χ3n) is 3.91. The van der Waals surface area contributed by atoms with E-state index in [0.717, 1.165) is 5.56 Å². The Morgan fingerprint density at radius 2 is 1.82 bits per heavy atom. The van der Waals surface area contributed by atoms with Crippen LogP contribution in [0.25, 0.3) is 0 Å². The minimum Gasteiger partial charge on any atom is -0.321 e. The lowest BCUT2D eigenvalue weighted by Gasteiger charge is -2.31. The Morgan fingerprint density at radius 1 is 1.24 bits per heavy atom. The van der Waals surface area contributed by atoms with E-state index in [1.165, 1.54) is 18.4 Å². The second-order valence-corrected chi connectivity index (χ2v) is 6.30. The van der Waals surface area contributed by atoms with Crippen molar-refractivity contribution in [3.8, 4) is 0 Å². The van der Waals surface area contributed by atoms with Gasteiger partial charge in [0.25, 0.3) is 0 Å². The van der Waals surface area contributed by atoms with Crippen LogP contribution < -0.4 is 5.73 Å². The summed E-state index contributed by atoms with van der Waals surface area (Å²) < 4.78 is 0. The molecule has 0 amide bonds. The molecule has 1 aromatic carbocycles. The van der Waals surface area contributed by atoms with E-state index in [2.05, 4.69) is 19.9 Å². The fourth-order valence-electron chi connectivity index (χ4n) is 2.00. The van der Waals surface area contributed by atoms with Crippen LogP contribution in [-0.4, -0.2) is 0 Å². The molecule has 17 heavy (non-hydrogen) atoms. The largest absolute Gasteiger partial charge is 0.321 e. The van der Waals surface area contributed by atoms with Crippen molar-refractivity contribution in [3.63, 3.8) is 0 Å². The van der Waals surface area contributed by atoms with Gasteiger partial charge in [-0.2, -0.15) is 0 Å². The lowest BCUT2D eigenvalue weighted by Crippen LogP contribution is -2.38. The van der Waals surface area contributed by atoms with Crippen LogP contribution in [-0.2, 0) is 5.54 Å². The van der Waals surface area contributed by atoms with Crippen molar-refractivity contribution in [2.75, 3.05) is 0 Å². The molecule has 1 nitrogen and oxygen atoms in total. The third kappa shape index (κ3) is 2.33. The molecule has 0 bridgehead atoms. The second kappa shape index (κ2) is 4.46. The van der Waals surface area contributed by atoms with Gasteiger partial charge in [0.2, 0.25) is 0 Å². The molecule has 1 atom stereocenters. The van der Waals surface area contributed by atoms with Crippen molar-refractivity contribution in [2.45, 2.75) is 45.1 Å². The molecule has 1 unspecified atom stereocenters. The molecule has 94 valence electrons. The summed E-state index contributed by atoms with van der Waals surface area (Å²) in [7, 11) is 0. The molecule has 0 spiro atoms. The topological polar surface area (TPSA) is 26.0 Å². The predicted molar refractivity (Wildman–Crippen MR) is 74.8 cm³/mol. The van der Waals surface area contributed by atoms with Gasteiger partial charge >= 0.3 is 0 Å². The highest BCUT2D eigenvalue weighted by atomic mass is 35.5. The van der Waals surface area contributed by atoms with Gasteiger partial charge < -0.3 is 5.73 Å². The first kappa shape index (κ1) is 13.2. The van der Waals surface area contributed by atoms with Crippen LogP contribution in [0, 0.1) is 5.92 Å². The molecule has 1 aliphatic carbocycles. The molecule has 1 fully saturated rings. The number of hydrogen-bond acceptors (Lipinski definition) is 1. The zero-order valence-corrected chi connectivity index (χ0v) is 12.1. The second-order valence-electron chi connectivity index (χ2n) is 5.54. The SMILES string of the molecule is CC(C)C(C)(N)c1ccc(C2CC2)c(Cl)c1Cl. The highest BCUT2D eigenvalue weighted by molar-refractivity contribution is 6.43. The summed E-state index contributed by atoms with van der Waals surface area (Å²) in [5, 5.41) is 1.33. The van der Waals surface area contributed by atoms with Crippen LogP contribution in [0.5, 0.6) is 0 Å². The third-order valence-corrected chi connectivity index (χ3v) is 4.81. The maximum Gasteiger partial charge on any atom is 0.0645 e. The molecule has 0 aliphatic heterocycles. The van der Waals surface area contributed by atoms with E-state index in [-0.39, 0.29) is 0 Å². The van der Waals surface area contributed by atoms with Gasteiger partial charge in [-0.25, -0.2) is 0 Å². The number of hydrogen-bond donors (Lipinski definition) is 1. The zero-order chi connectivity index (χ0) is 12.8. The Labute approximate surface area is 113 Å². The molecule has 2 rings (SSSR count). The molecule has 1 aromatic rings. The van der Waals surface area contributed by atoms with Gasteiger partial charge in [-0.3, -0.25) is 0 Å². The summed E-state index contributed by atoms with van der Waals surface area (Å²) in [6.07, 6.45) is 2.44. The van der Waals surface area contributed by atoms with E-state index in [1.807, 2.05) is 13.0 Å². The molecule has 0 saturated heterocycles. The van der Waals surface area contributed by atoms with Crippen LogP contribution in [0.15, 0.2) is 12.1 Å². The first-order valence-electron chi connectivity index (χ1n) is 6.13. The molecule has 1 saturated carbocycles. The van der Waals surface area contributed by atoms with E-state index >= 15 is 0 Å². The van der Waals surface area contributed by atoms with Gasteiger partial charge in [-0.05, 0) is 42.7 Å². The average Bonchev–Trinajstić information content (AvgIpc) is 3.05. The minimum atomic E-state index is -0.442. The van der Waals surface area contributed by atoms with E-state index in [1.54, 1.807) is 0 Å². The zero-order valence-electron chi connectivity index (χ0n) is 10.6. The fourth-order valence-corrected chi connectivity index (χ4v) is 2.70. The summed E-state index contributed by atoms with van der Waals surface area (Å²) in [6.45, 7) is 6.20. The fraction of sp³-hybridized carbons (Fsp3) is 0.571. The monoisotopic (exact) mass is 271 g/mol. The first-order chi connectivity index (χ1) is 7.85. The molecule has 0 aromatic heterocycles. The van der Waals surface area contributed by atoms with E-state index < -0.39 is 5.54 Å². The normalized spacial score (nSPS) is 19.5. The van der Waals surface area contributed by atoms with E-state index in [9.17, 15) is 0 Å². The average molecular weight is 272 g/mol.